The van der Waals surface area contributed by atoms with Crippen LogP contribution in [0.1, 0.15) is 25.1 Å². The molecule has 0 spiro atoms. The Balaban J connectivity index is 1.63. The van der Waals surface area contributed by atoms with Gasteiger partial charge in [0, 0.05) is 18.9 Å². The molecule has 122 valence electrons. The molecule has 3 aromatic rings. The van der Waals surface area contributed by atoms with Crippen molar-refractivity contribution in [3.05, 3.63) is 54.4 Å². The molecular weight excluding hydrogens is 302 g/mol. The Hall–Kier alpha value is -2.82. The van der Waals surface area contributed by atoms with Crippen LogP contribution in [0.3, 0.4) is 0 Å². The summed E-state index contributed by atoms with van der Waals surface area (Å²) in [7, 11) is 0. The van der Waals surface area contributed by atoms with E-state index in [2.05, 4.69) is 9.97 Å². The first kappa shape index (κ1) is 14.8. The highest BCUT2D eigenvalue weighted by Gasteiger charge is 2.34. The molecule has 4 rings (SSSR count). The monoisotopic (exact) mass is 321 g/mol. The Morgan fingerprint density at radius 1 is 1.21 bits per heavy atom. The molecule has 1 amide bonds. The first-order valence-corrected chi connectivity index (χ1v) is 8.23. The first-order valence-electron chi connectivity index (χ1n) is 8.23. The van der Waals surface area contributed by atoms with Gasteiger partial charge in [-0.3, -0.25) is 4.79 Å². The molecular formula is C19H19N3O2. The highest BCUT2D eigenvalue weighted by Crippen LogP contribution is 2.36. The third kappa shape index (κ3) is 2.52. The number of imidazole rings is 1. The molecule has 0 saturated carbocycles. The number of rotatable bonds is 4. The minimum atomic E-state index is 0.0691. The molecule has 0 unspecified atom stereocenters. The van der Waals surface area contributed by atoms with Crippen molar-refractivity contribution >= 4 is 22.6 Å². The molecule has 1 N–H and O–H groups in total. The number of benzene rings is 2. The number of hydrogen-bond acceptors (Lipinski definition) is 3. The van der Waals surface area contributed by atoms with E-state index in [0.717, 1.165) is 28.3 Å². The summed E-state index contributed by atoms with van der Waals surface area (Å²) in [5, 5.41) is 0. The largest absolute Gasteiger partial charge is 0.492 e. The standard InChI is InChI=1S/C19H19N3O2/c1-2-24-17-10-6-5-9-16(17)22-12-13(11-18(22)23)19-20-14-7-3-4-8-15(14)21-19/h3-10,13H,2,11-12H2,1H3,(H,20,21)/t13-/m1/s1. The number of para-hydroxylation sites is 4. The molecule has 1 saturated heterocycles. The van der Waals surface area contributed by atoms with E-state index in [1.54, 1.807) is 0 Å². The number of H-pyrrole nitrogens is 1. The second-order valence-corrected chi connectivity index (χ2v) is 5.95. The maximum absolute atomic E-state index is 12.6. The fraction of sp³-hybridized carbons (Fsp3) is 0.263. The van der Waals surface area contributed by atoms with Crippen LogP contribution in [0.5, 0.6) is 5.75 Å². The molecule has 2 aromatic carbocycles. The number of hydrogen-bond donors (Lipinski definition) is 1. The third-order valence-electron chi connectivity index (χ3n) is 4.38. The summed E-state index contributed by atoms with van der Waals surface area (Å²) in [6, 6.07) is 15.6. The Morgan fingerprint density at radius 2 is 2.00 bits per heavy atom. The van der Waals surface area contributed by atoms with Crippen molar-refractivity contribution in [3.8, 4) is 5.75 Å². The Bertz CT molecular complexity index is 854. The smallest absolute Gasteiger partial charge is 0.227 e. The Labute approximate surface area is 140 Å². The summed E-state index contributed by atoms with van der Waals surface area (Å²) >= 11 is 0. The SMILES string of the molecule is CCOc1ccccc1N1C[C@H](c2nc3ccccc3[nH]2)CC1=O. The summed E-state index contributed by atoms with van der Waals surface area (Å²) in [5.41, 5.74) is 2.78. The average Bonchev–Trinajstić information content (AvgIpc) is 3.19. The van der Waals surface area contributed by atoms with Gasteiger partial charge in [-0.2, -0.15) is 0 Å². The van der Waals surface area contributed by atoms with E-state index in [1.807, 2.05) is 60.4 Å². The van der Waals surface area contributed by atoms with Gasteiger partial charge >= 0.3 is 0 Å². The lowest BCUT2D eigenvalue weighted by atomic mass is 10.1. The zero-order valence-corrected chi connectivity index (χ0v) is 13.5. The lowest BCUT2D eigenvalue weighted by molar-refractivity contribution is -0.117. The number of carbonyl (C=O) groups is 1. The number of carbonyl (C=O) groups excluding carboxylic acids is 1. The van der Waals surface area contributed by atoms with Gasteiger partial charge in [-0.15, -0.1) is 0 Å². The molecule has 0 aliphatic carbocycles. The van der Waals surface area contributed by atoms with Crippen LogP contribution in [0, 0.1) is 0 Å². The van der Waals surface area contributed by atoms with Gasteiger partial charge in [-0.25, -0.2) is 4.98 Å². The number of fused-ring (bicyclic) bond motifs is 1. The van der Waals surface area contributed by atoms with Crippen LogP contribution in [0.15, 0.2) is 48.5 Å². The average molecular weight is 321 g/mol. The fourth-order valence-electron chi connectivity index (χ4n) is 3.25. The molecule has 2 heterocycles. The van der Waals surface area contributed by atoms with Crippen molar-refractivity contribution in [2.75, 3.05) is 18.1 Å². The zero-order chi connectivity index (χ0) is 16.5. The second-order valence-electron chi connectivity index (χ2n) is 5.95. The second kappa shape index (κ2) is 6.00. The van der Waals surface area contributed by atoms with Gasteiger partial charge in [0.05, 0.1) is 23.3 Å². The molecule has 1 aromatic heterocycles. The predicted molar refractivity (Wildman–Crippen MR) is 93.4 cm³/mol. The van der Waals surface area contributed by atoms with Crippen LogP contribution in [0.4, 0.5) is 5.69 Å². The van der Waals surface area contributed by atoms with Crippen LogP contribution < -0.4 is 9.64 Å². The van der Waals surface area contributed by atoms with Crippen LogP contribution in [0.2, 0.25) is 0 Å². The van der Waals surface area contributed by atoms with Crippen molar-refractivity contribution in [2.24, 2.45) is 0 Å². The van der Waals surface area contributed by atoms with E-state index < -0.39 is 0 Å². The minimum absolute atomic E-state index is 0.0691. The molecule has 5 nitrogen and oxygen atoms in total. The van der Waals surface area contributed by atoms with E-state index in [4.69, 9.17) is 4.74 Å². The summed E-state index contributed by atoms with van der Waals surface area (Å²) in [6.07, 6.45) is 0.459. The quantitative estimate of drug-likeness (QED) is 0.800. The van der Waals surface area contributed by atoms with E-state index in [0.29, 0.717) is 19.6 Å². The Morgan fingerprint density at radius 3 is 2.83 bits per heavy atom. The number of aromatic nitrogens is 2. The molecule has 0 radical (unpaired) electrons. The number of aromatic amines is 1. The summed E-state index contributed by atoms with van der Waals surface area (Å²) in [6.45, 7) is 3.13. The van der Waals surface area contributed by atoms with Gasteiger partial charge in [0.15, 0.2) is 0 Å². The number of nitrogens with one attached hydrogen (secondary N) is 1. The topological polar surface area (TPSA) is 58.2 Å². The number of nitrogens with zero attached hydrogens (tertiary/aromatic N) is 2. The van der Waals surface area contributed by atoms with Crippen LogP contribution in [-0.2, 0) is 4.79 Å². The van der Waals surface area contributed by atoms with Gasteiger partial charge in [0.25, 0.3) is 0 Å². The fourth-order valence-corrected chi connectivity index (χ4v) is 3.25. The van der Waals surface area contributed by atoms with Gasteiger partial charge in [0.2, 0.25) is 5.91 Å². The molecule has 24 heavy (non-hydrogen) atoms. The maximum atomic E-state index is 12.6. The van der Waals surface area contributed by atoms with Crippen LogP contribution in [-0.4, -0.2) is 29.0 Å². The van der Waals surface area contributed by atoms with Gasteiger partial charge < -0.3 is 14.6 Å². The van der Waals surface area contributed by atoms with E-state index in [-0.39, 0.29) is 11.8 Å². The van der Waals surface area contributed by atoms with Crippen LogP contribution >= 0.6 is 0 Å². The maximum Gasteiger partial charge on any atom is 0.227 e. The molecule has 1 aliphatic heterocycles. The number of ether oxygens (including phenoxy) is 1. The summed E-state index contributed by atoms with van der Waals surface area (Å²) in [5.74, 6) is 1.80. The lowest BCUT2D eigenvalue weighted by Crippen LogP contribution is -2.25. The van der Waals surface area contributed by atoms with Crippen molar-refractivity contribution in [3.63, 3.8) is 0 Å². The lowest BCUT2D eigenvalue weighted by Gasteiger charge is -2.19. The van der Waals surface area contributed by atoms with Gasteiger partial charge in [0.1, 0.15) is 11.6 Å². The third-order valence-corrected chi connectivity index (χ3v) is 4.38. The molecule has 1 fully saturated rings. The molecule has 1 aliphatic rings. The summed E-state index contributed by atoms with van der Waals surface area (Å²) in [4.78, 5) is 22.4. The van der Waals surface area contributed by atoms with E-state index in [1.165, 1.54) is 0 Å². The van der Waals surface area contributed by atoms with Crippen LogP contribution in [0.25, 0.3) is 11.0 Å². The van der Waals surface area contributed by atoms with Crippen molar-refractivity contribution in [1.29, 1.82) is 0 Å². The Kier molecular flexibility index (Phi) is 3.69. The summed E-state index contributed by atoms with van der Waals surface area (Å²) < 4.78 is 5.67. The minimum Gasteiger partial charge on any atom is -0.492 e. The highest BCUT2D eigenvalue weighted by atomic mass is 16.5. The molecule has 0 bridgehead atoms. The zero-order valence-electron chi connectivity index (χ0n) is 13.5. The van der Waals surface area contributed by atoms with Gasteiger partial charge in [-0.1, -0.05) is 24.3 Å². The first-order chi connectivity index (χ1) is 11.8. The normalized spacial score (nSPS) is 17.6. The van der Waals surface area contributed by atoms with E-state index >= 15 is 0 Å². The number of anilines is 1. The van der Waals surface area contributed by atoms with Crippen molar-refractivity contribution < 1.29 is 9.53 Å². The number of amides is 1. The predicted octanol–water partition coefficient (Wildman–Crippen LogP) is 3.48. The van der Waals surface area contributed by atoms with E-state index in [9.17, 15) is 4.79 Å². The molecule has 5 heteroatoms. The van der Waals surface area contributed by atoms with Crippen molar-refractivity contribution in [1.82, 2.24) is 9.97 Å². The molecule has 1 atom stereocenters. The van der Waals surface area contributed by atoms with Crippen molar-refractivity contribution in [2.45, 2.75) is 19.3 Å². The highest BCUT2D eigenvalue weighted by molar-refractivity contribution is 5.97. The van der Waals surface area contributed by atoms with Gasteiger partial charge in [-0.05, 0) is 31.2 Å².